The van der Waals surface area contributed by atoms with Crippen molar-refractivity contribution in [2.75, 3.05) is 0 Å². The number of hydrogen-bond donors (Lipinski definition) is 1. The van der Waals surface area contributed by atoms with Crippen molar-refractivity contribution in [1.29, 1.82) is 0 Å². The van der Waals surface area contributed by atoms with Crippen molar-refractivity contribution in [3.8, 4) is 0 Å². The molecule has 1 unspecified atom stereocenters. The maximum atomic E-state index is 10.4. The Morgan fingerprint density at radius 3 is 2.56 bits per heavy atom. The molecule has 1 aromatic carbocycles. The van der Waals surface area contributed by atoms with Crippen molar-refractivity contribution in [1.82, 2.24) is 0 Å². The highest BCUT2D eigenvalue weighted by Gasteiger charge is 2.17. The first-order valence-corrected chi connectivity index (χ1v) is 6.85. The van der Waals surface area contributed by atoms with Crippen LogP contribution in [-0.2, 0) is 6.42 Å². The second-order valence-corrected chi connectivity index (χ2v) is 5.37. The van der Waals surface area contributed by atoms with Crippen LogP contribution in [0.3, 0.4) is 0 Å². The van der Waals surface area contributed by atoms with Crippen LogP contribution < -0.4 is 0 Å². The Hall–Kier alpha value is -1.06. The van der Waals surface area contributed by atoms with Crippen LogP contribution >= 0.6 is 15.9 Å². The number of hydrogen-bond acceptors (Lipinski definition) is 2. The van der Waals surface area contributed by atoms with Gasteiger partial charge in [-0.1, -0.05) is 28.9 Å². The molecule has 0 saturated carbocycles. The molecule has 18 heavy (non-hydrogen) atoms. The van der Waals surface area contributed by atoms with Gasteiger partial charge in [-0.3, -0.25) is 0 Å². The number of aryl methyl sites for hydroxylation is 3. The topological polar surface area (TPSA) is 33.4 Å². The summed E-state index contributed by atoms with van der Waals surface area (Å²) in [5.41, 5.74) is 3.05. The summed E-state index contributed by atoms with van der Waals surface area (Å²) in [6.45, 7) is 6.04. The van der Waals surface area contributed by atoms with Crippen LogP contribution in [0.5, 0.6) is 0 Å². The first-order chi connectivity index (χ1) is 8.52. The fourth-order valence-corrected chi connectivity index (χ4v) is 2.44. The number of rotatable bonds is 3. The summed E-state index contributed by atoms with van der Waals surface area (Å²) in [5.74, 6) is 1.51. The fraction of sp³-hybridized carbons (Fsp3) is 0.333. The third-order valence-corrected chi connectivity index (χ3v) is 4.00. The maximum absolute atomic E-state index is 10.4. The van der Waals surface area contributed by atoms with Gasteiger partial charge in [-0.2, -0.15) is 0 Å². The summed E-state index contributed by atoms with van der Waals surface area (Å²) in [5, 5.41) is 10.4. The van der Waals surface area contributed by atoms with Crippen LogP contribution in [0.2, 0.25) is 0 Å². The minimum atomic E-state index is -0.697. The van der Waals surface area contributed by atoms with Gasteiger partial charge in [0.15, 0.2) is 0 Å². The molecule has 0 bridgehead atoms. The van der Waals surface area contributed by atoms with Gasteiger partial charge in [0.25, 0.3) is 0 Å². The Labute approximate surface area is 116 Å². The third-order valence-electron chi connectivity index (χ3n) is 3.14. The lowest BCUT2D eigenvalue weighted by Crippen LogP contribution is -2.01. The molecule has 1 heterocycles. The maximum Gasteiger partial charge on any atom is 0.137 e. The molecular formula is C15H17BrO2. The van der Waals surface area contributed by atoms with E-state index < -0.39 is 6.10 Å². The first kappa shape index (κ1) is 13.4. The van der Waals surface area contributed by atoms with E-state index in [1.165, 1.54) is 0 Å². The molecule has 96 valence electrons. The fourth-order valence-electron chi connectivity index (χ4n) is 1.98. The van der Waals surface area contributed by atoms with E-state index in [1.54, 1.807) is 0 Å². The molecule has 0 amide bonds. The number of aliphatic hydroxyl groups excluding tert-OH is 1. The molecule has 0 spiro atoms. The van der Waals surface area contributed by atoms with Crippen LogP contribution in [0.4, 0.5) is 0 Å². The number of benzene rings is 1. The lowest BCUT2D eigenvalue weighted by molar-refractivity contribution is 0.186. The van der Waals surface area contributed by atoms with E-state index in [9.17, 15) is 5.11 Å². The van der Waals surface area contributed by atoms with Gasteiger partial charge in [-0.15, -0.1) is 0 Å². The molecule has 1 aromatic heterocycles. The molecule has 0 fully saturated rings. The number of aliphatic hydroxyl groups is 1. The third kappa shape index (κ3) is 2.52. The zero-order valence-electron chi connectivity index (χ0n) is 10.8. The Morgan fingerprint density at radius 2 is 1.94 bits per heavy atom. The van der Waals surface area contributed by atoms with E-state index in [0.717, 1.165) is 33.3 Å². The zero-order valence-corrected chi connectivity index (χ0v) is 12.4. The van der Waals surface area contributed by atoms with E-state index in [4.69, 9.17) is 4.42 Å². The summed E-state index contributed by atoms with van der Waals surface area (Å²) in [4.78, 5) is 0. The molecule has 2 aromatic rings. The van der Waals surface area contributed by atoms with Crippen LogP contribution in [0.1, 0.15) is 41.2 Å². The SMILES string of the molecule is CCc1ccc(C(O)c2cc(C)c(Br)cc2C)o1. The molecule has 0 aliphatic carbocycles. The lowest BCUT2D eigenvalue weighted by Gasteiger charge is -2.13. The molecule has 3 heteroatoms. The van der Waals surface area contributed by atoms with E-state index in [0.29, 0.717) is 5.76 Å². The van der Waals surface area contributed by atoms with Crippen molar-refractivity contribution >= 4 is 15.9 Å². The van der Waals surface area contributed by atoms with Crippen molar-refractivity contribution in [3.05, 3.63) is 56.9 Å². The lowest BCUT2D eigenvalue weighted by atomic mass is 9.99. The minimum absolute atomic E-state index is 0.608. The first-order valence-electron chi connectivity index (χ1n) is 6.06. The highest BCUT2D eigenvalue weighted by molar-refractivity contribution is 9.10. The minimum Gasteiger partial charge on any atom is -0.463 e. The standard InChI is InChI=1S/C15H17BrO2/c1-4-11-5-6-14(18-11)15(17)12-7-10(3)13(16)8-9(12)2/h5-8,15,17H,4H2,1-3H3. The van der Waals surface area contributed by atoms with Gasteiger partial charge in [0, 0.05) is 10.9 Å². The van der Waals surface area contributed by atoms with Crippen molar-refractivity contribution < 1.29 is 9.52 Å². The summed E-state index contributed by atoms with van der Waals surface area (Å²) in [6.07, 6.45) is 0.141. The molecule has 0 aliphatic rings. The average Bonchev–Trinajstić information content (AvgIpc) is 2.81. The Morgan fingerprint density at radius 1 is 1.22 bits per heavy atom. The molecule has 0 saturated heterocycles. The van der Waals surface area contributed by atoms with Gasteiger partial charge >= 0.3 is 0 Å². The summed E-state index contributed by atoms with van der Waals surface area (Å²) in [6, 6.07) is 7.79. The Balaban J connectivity index is 2.39. The Kier molecular flexibility index (Phi) is 3.93. The second kappa shape index (κ2) is 5.29. The molecule has 0 aliphatic heterocycles. The predicted octanol–water partition coefficient (Wildman–Crippen LogP) is 4.30. The normalized spacial score (nSPS) is 12.7. The van der Waals surface area contributed by atoms with E-state index in [1.807, 2.05) is 45.0 Å². The van der Waals surface area contributed by atoms with Gasteiger partial charge in [0.2, 0.25) is 0 Å². The monoisotopic (exact) mass is 308 g/mol. The van der Waals surface area contributed by atoms with Gasteiger partial charge in [-0.05, 0) is 48.7 Å². The van der Waals surface area contributed by atoms with Crippen LogP contribution in [-0.4, -0.2) is 5.11 Å². The van der Waals surface area contributed by atoms with Crippen molar-refractivity contribution in [2.24, 2.45) is 0 Å². The quantitative estimate of drug-likeness (QED) is 0.917. The van der Waals surface area contributed by atoms with Crippen LogP contribution in [0, 0.1) is 13.8 Å². The van der Waals surface area contributed by atoms with Crippen molar-refractivity contribution in [2.45, 2.75) is 33.3 Å². The second-order valence-electron chi connectivity index (χ2n) is 4.52. The zero-order chi connectivity index (χ0) is 13.3. The number of halogens is 1. The molecule has 2 nitrogen and oxygen atoms in total. The van der Waals surface area contributed by atoms with Gasteiger partial charge < -0.3 is 9.52 Å². The van der Waals surface area contributed by atoms with E-state index >= 15 is 0 Å². The largest absolute Gasteiger partial charge is 0.463 e. The molecule has 0 radical (unpaired) electrons. The highest BCUT2D eigenvalue weighted by atomic mass is 79.9. The van der Waals surface area contributed by atoms with Gasteiger partial charge in [0.1, 0.15) is 17.6 Å². The van der Waals surface area contributed by atoms with Gasteiger partial charge in [-0.25, -0.2) is 0 Å². The highest BCUT2D eigenvalue weighted by Crippen LogP contribution is 2.30. The van der Waals surface area contributed by atoms with Crippen LogP contribution in [0.15, 0.2) is 33.2 Å². The van der Waals surface area contributed by atoms with E-state index in [2.05, 4.69) is 15.9 Å². The average molecular weight is 309 g/mol. The summed E-state index contributed by atoms with van der Waals surface area (Å²) >= 11 is 3.50. The van der Waals surface area contributed by atoms with Crippen molar-refractivity contribution in [3.63, 3.8) is 0 Å². The molecule has 1 N–H and O–H groups in total. The van der Waals surface area contributed by atoms with E-state index in [-0.39, 0.29) is 0 Å². The predicted molar refractivity (Wildman–Crippen MR) is 75.8 cm³/mol. The summed E-state index contributed by atoms with van der Waals surface area (Å²) in [7, 11) is 0. The summed E-state index contributed by atoms with van der Waals surface area (Å²) < 4.78 is 6.67. The number of furan rings is 1. The van der Waals surface area contributed by atoms with Crippen LogP contribution in [0.25, 0.3) is 0 Å². The molecule has 2 rings (SSSR count). The molecular weight excluding hydrogens is 292 g/mol. The Bertz CT molecular complexity index is 558. The van der Waals surface area contributed by atoms with Gasteiger partial charge in [0.05, 0.1) is 0 Å². The molecule has 1 atom stereocenters. The smallest absolute Gasteiger partial charge is 0.137 e.